The van der Waals surface area contributed by atoms with Crippen molar-refractivity contribution >= 4 is 21.6 Å². The van der Waals surface area contributed by atoms with Crippen LogP contribution in [-0.2, 0) is 10.0 Å². The van der Waals surface area contributed by atoms with Gasteiger partial charge in [0.15, 0.2) is 0 Å². The van der Waals surface area contributed by atoms with Crippen LogP contribution in [0.1, 0.15) is 5.56 Å². The second-order valence-corrected chi connectivity index (χ2v) is 6.58. The molecule has 0 amide bonds. The Morgan fingerprint density at radius 3 is 2.53 bits per heavy atom. The van der Waals surface area contributed by atoms with E-state index in [0.29, 0.717) is 18.0 Å². The number of aryl methyl sites for hydroxylation is 1. The van der Waals surface area contributed by atoms with Gasteiger partial charge in [0.2, 0.25) is 10.0 Å². The fourth-order valence-electron chi connectivity index (χ4n) is 1.71. The summed E-state index contributed by atoms with van der Waals surface area (Å²) in [6.07, 6.45) is 3.61. The number of nitrogens with zero attached hydrogens (tertiary/aromatic N) is 1. The van der Waals surface area contributed by atoms with Crippen LogP contribution in [0.25, 0.3) is 0 Å². The van der Waals surface area contributed by atoms with E-state index in [1.165, 1.54) is 4.31 Å². The summed E-state index contributed by atoms with van der Waals surface area (Å²) in [6, 6.07) is 6.86. The molecule has 0 N–H and O–H groups in total. The Kier molecular flexibility index (Phi) is 3.56. The second-order valence-electron chi connectivity index (χ2n) is 4.08. The summed E-state index contributed by atoms with van der Waals surface area (Å²) in [5.74, 6) is 0. The van der Waals surface area contributed by atoms with Crippen molar-refractivity contribution in [3.63, 3.8) is 0 Å². The molecule has 0 aliphatic carbocycles. The van der Waals surface area contributed by atoms with Crippen molar-refractivity contribution in [2.75, 3.05) is 13.1 Å². The maximum Gasteiger partial charge on any atom is 0.243 e. The van der Waals surface area contributed by atoms with Gasteiger partial charge in [0.05, 0.1) is 10.3 Å². The Labute approximate surface area is 107 Å². The van der Waals surface area contributed by atoms with Crippen LogP contribution in [0.3, 0.4) is 0 Å². The molecule has 1 aromatic rings. The Morgan fingerprint density at radius 2 is 1.94 bits per heavy atom. The summed E-state index contributed by atoms with van der Waals surface area (Å²) in [5, 5.41) is -0.246. The summed E-state index contributed by atoms with van der Waals surface area (Å²) in [4.78, 5) is 0.322. The largest absolute Gasteiger partial charge is 0.243 e. The smallest absolute Gasteiger partial charge is 0.207 e. The maximum atomic E-state index is 12.3. The number of sulfonamides is 1. The van der Waals surface area contributed by atoms with Crippen molar-refractivity contribution in [1.82, 2.24) is 4.31 Å². The van der Waals surface area contributed by atoms with Crippen molar-refractivity contribution in [1.29, 1.82) is 0 Å². The molecule has 3 nitrogen and oxygen atoms in total. The van der Waals surface area contributed by atoms with E-state index in [9.17, 15) is 8.42 Å². The molecular formula is C12H14ClNO2S. The van der Waals surface area contributed by atoms with Gasteiger partial charge in [0.25, 0.3) is 0 Å². The lowest BCUT2D eigenvalue weighted by Gasteiger charge is -2.25. The van der Waals surface area contributed by atoms with Crippen molar-refractivity contribution in [2.45, 2.75) is 17.2 Å². The lowest BCUT2D eigenvalue weighted by Crippen LogP contribution is -2.37. The Balaban J connectivity index is 2.30. The Morgan fingerprint density at radius 1 is 1.29 bits per heavy atom. The van der Waals surface area contributed by atoms with Gasteiger partial charge in [-0.3, -0.25) is 0 Å². The van der Waals surface area contributed by atoms with Gasteiger partial charge < -0.3 is 0 Å². The topological polar surface area (TPSA) is 37.4 Å². The number of hydrogen-bond acceptors (Lipinski definition) is 2. The van der Waals surface area contributed by atoms with E-state index in [1.54, 1.807) is 30.3 Å². The molecular weight excluding hydrogens is 258 g/mol. The van der Waals surface area contributed by atoms with Gasteiger partial charge in [-0.25, -0.2) is 8.42 Å². The monoisotopic (exact) mass is 271 g/mol. The van der Waals surface area contributed by atoms with E-state index in [4.69, 9.17) is 11.6 Å². The Bertz CT molecular complexity index is 522. The molecule has 1 aliphatic heterocycles. The minimum absolute atomic E-state index is 0.246. The van der Waals surface area contributed by atoms with E-state index in [-0.39, 0.29) is 5.38 Å². The minimum Gasteiger partial charge on any atom is -0.207 e. The molecule has 0 spiro atoms. The molecule has 0 saturated heterocycles. The fourth-order valence-corrected chi connectivity index (χ4v) is 3.48. The highest BCUT2D eigenvalue weighted by atomic mass is 35.5. The molecule has 0 radical (unpaired) electrons. The summed E-state index contributed by atoms with van der Waals surface area (Å²) in [5.41, 5.74) is 1.04. The van der Waals surface area contributed by atoms with Crippen molar-refractivity contribution in [3.05, 3.63) is 42.0 Å². The lowest BCUT2D eigenvalue weighted by atomic mass is 10.2. The van der Waals surface area contributed by atoms with E-state index in [1.807, 2.05) is 13.0 Å². The van der Waals surface area contributed by atoms with Crippen LogP contribution in [0.4, 0.5) is 0 Å². The number of rotatable bonds is 2. The molecule has 1 atom stereocenters. The first-order valence-electron chi connectivity index (χ1n) is 5.38. The fraction of sp³-hybridized carbons (Fsp3) is 0.333. The molecule has 0 bridgehead atoms. The summed E-state index contributed by atoms with van der Waals surface area (Å²) in [6.45, 7) is 2.64. The normalized spacial score (nSPS) is 21.6. The van der Waals surface area contributed by atoms with Crippen molar-refractivity contribution in [3.8, 4) is 0 Å². The van der Waals surface area contributed by atoms with Gasteiger partial charge in [-0.05, 0) is 19.1 Å². The maximum absolute atomic E-state index is 12.3. The van der Waals surface area contributed by atoms with E-state index < -0.39 is 10.0 Å². The predicted molar refractivity (Wildman–Crippen MR) is 68.7 cm³/mol. The molecule has 1 heterocycles. The molecule has 1 aliphatic rings. The van der Waals surface area contributed by atoms with Gasteiger partial charge in [-0.2, -0.15) is 4.31 Å². The molecule has 1 unspecified atom stereocenters. The molecule has 0 fully saturated rings. The van der Waals surface area contributed by atoms with Crippen LogP contribution in [0.15, 0.2) is 41.3 Å². The van der Waals surface area contributed by atoms with Crippen molar-refractivity contribution < 1.29 is 8.42 Å². The average Bonchev–Trinajstić information content (AvgIpc) is 2.29. The van der Waals surface area contributed by atoms with Crippen LogP contribution in [-0.4, -0.2) is 31.2 Å². The van der Waals surface area contributed by atoms with Crippen LogP contribution in [0.5, 0.6) is 0 Å². The highest BCUT2D eigenvalue weighted by molar-refractivity contribution is 7.89. The van der Waals surface area contributed by atoms with E-state index in [2.05, 4.69) is 0 Å². The lowest BCUT2D eigenvalue weighted by molar-refractivity contribution is 0.439. The summed E-state index contributed by atoms with van der Waals surface area (Å²) < 4.78 is 26.0. The summed E-state index contributed by atoms with van der Waals surface area (Å²) >= 11 is 5.94. The third kappa shape index (κ3) is 2.70. The number of benzene rings is 1. The standard InChI is InChI=1S/C12H14ClNO2S/c1-10-4-6-12(7-5-10)17(15,16)14-8-2-3-11(13)9-14/h2-7,11H,8-9H2,1H3. The highest BCUT2D eigenvalue weighted by Gasteiger charge is 2.26. The molecule has 5 heteroatoms. The Hall–Kier alpha value is -0.840. The number of halogens is 1. The molecule has 92 valence electrons. The quantitative estimate of drug-likeness (QED) is 0.611. The van der Waals surface area contributed by atoms with Crippen LogP contribution >= 0.6 is 11.6 Å². The van der Waals surface area contributed by atoms with Crippen LogP contribution in [0.2, 0.25) is 0 Å². The SMILES string of the molecule is Cc1ccc(S(=O)(=O)N2CC=CC(Cl)C2)cc1. The summed E-state index contributed by atoms with van der Waals surface area (Å²) in [7, 11) is -3.41. The number of hydrogen-bond donors (Lipinski definition) is 0. The zero-order valence-corrected chi connectivity index (χ0v) is 11.1. The van der Waals surface area contributed by atoms with Crippen LogP contribution < -0.4 is 0 Å². The zero-order valence-electron chi connectivity index (χ0n) is 9.51. The van der Waals surface area contributed by atoms with Crippen LogP contribution in [0, 0.1) is 6.92 Å². The minimum atomic E-state index is -3.41. The van der Waals surface area contributed by atoms with Crippen molar-refractivity contribution in [2.24, 2.45) is 0 Å². The predicted octanol–water partition coefficient (Wildman–Crippen LogP) is 2.16. The third-order valence-electron chi connectivity index (χ3n) is 2.69. The van der Waals surface area contributed by atoms with E-state index >= 15 is 0 Å². The molecule has 0 saturated carbocycles. The first-order valence-corrected chi connectivity index (χ1v) is 7.25. The van der Waals surface area contributed by atoms with E-state index in [0.717, 1.165) is 5.56 Å². The molecule has 0 aromatic heterocycles. The third-order valence-corrected chi connectivity index (χ3v) is 4.82. The number of alkyl halides is 1. The first-order chi connectivity index (χ1) is 8.00. The molecule has 1 aromatic carbocycles. The van der Waals surface area contributed by atoms with Gasteiger partial charge in [0.1, 0.15) is 0 Å². The molecule has 2 rings (SSSR count). The zero-order chi connectivity index (χ0) is 12.5. The highest BCUT2D eigenvalue weighted by Crippen LogP contribution is 2.20. The first kappa shape index (κ1) is 12.6. The average molecular weight is 272 g/mol. The van der Waals surface area contributed by atoms with Gasteiger partial charge in [0, 0.05) is 13.1 Å². The molecule has 17 heavy (non-hydrogen) atoms. The van der Waals surface area contributed by atoms with Gasteiger partial charge in [-0.1, -0.05) is 29.8 Å². The van der Waals surface area contributed by atoms with Gasteiger partial charge in [-0.15, -0.1) is 11.6 Å². The second kappa shape index (κ2) is 4.80. The van der Waals surface area contributed by atoms with Gasteiger partial charge >= 0.3 is 0 Å².